The van der Waals surface area contributed by atoms with E-state index in [1.807, 2.05) is 26.0 Å². The van der Waals surface area contributed by atoms with E-state index in [9.17, 15) is 8.78 Å². The lowest BCUT2D eigenvalue weighted by Gasteiger charge is -2.14. The lowest BCUT2D eigenvalue weighted by molar-refractivity contribution is 0.411. The summed E-state index contributed by atoms with van der Waals surface area (Å²) in [5.74, 6) is -0.214. The Morgan fingerprint density at radius 2 is 1.57 bits per heavy atom. The number of aryl methyl sites for hydroxylation is 2. The van der Waals surface area contributed by atoms with Crippen molar-refractivity contribution >= 4 is 5.69 Å². The van der Waals surface area contributed by atoms with Crippen LogP contribution in [0.3, 0.4) is 0 Å². The maximum absolute atomic E-state index is 13.5. The molecule has 2 aromatic rings. The quantitative estimate of drug-likeness (QED) is 0.894. The van der Waals surface area contributed by atoms with Gasteiger partial charge in [0.05, 0.1) is 7.11 Å². The second-order valence-electron chi connectivity index (χ2n) is 5.17. The smallest absolute Gasteiger partial charge is 0.129 e. The number of methoxy groups -OCH3 is 1. The molecule has 4 heteroatoms. The van der Waals surface area contributed by atoms with Gasteiger partial charge in [0, 0.05) is 17.8 Å². The van der Waals surface area contributed by atoms with Crippen LogP contribution in [0.25, 0.3) is 0 Å². The molecule has 0 aliphatic carbocycles. The van der Waals surface area contributed by atoms with Gasteiger partial charge in [0.25, 0.3) is 0 Å². The highest BCUT2D eigenvalue weighted by Crippen LogP contribution is 2.26. The zero-order valence-electron chi connectivity index (χ0n) is 12.7. The normalized spacial score (nSPS) is 10.6. The SMILES string of the molecule is COc1cc(C)c(NCc2cc(F)c(C)c(F)c2)cc1C. The predicted molar refractivity (Wildman–Crippen MR) is 80.9 cm³/mol. The van der Waals surface area contributed by atoms with Crippen molar-refractivity contribution in [2.45, 2.75) is 27.3 Å². The van der Waals surface area contributed by atoms with Gasteiger partial charge in [-0.1, -0.05) is 0 Å². The molecule has 0 aliphatic heterocycles. The first-order valence-electron chi connectivity index (χ1n) is 6.76. The summed E-state index contributed by atoms with van der Waals surface area (Å²) in [6, 6.07) is 6.62. The van der Waals surface area contributed by atoms with E-state index < -0.39 is 11.6 Å². The summed E-state index contributed by atoms with van der Waals surface area (Å²) in [7, 11) is 1.63. The Hall–Kier alpha value is -2.10. The Morgan fingerprint density at radius 1 is 0.952 bits per heavy atom. The van der Waals surface area contributed by atoms with Crippen LogP contribution in [0, 0.1) is 32.4 Å². The third kappa shape index (κ3) is 3.32. The fourth-order valence-corrected chi connectivity index (χ4v) is 2.20. The molecular weight excluding hydrogens is 272 g/mol. The van der Waals surface area contributed by atoms with Gasteiger partial charge in [-0.3, -0.25) is 0 Å². The molecule has 2 aromatic carbocycles. The van der Waals surface area contributed by atoms with Gasteiger partial charge >= 0.3 is 0 Å². The minimum Gasteiger partial charge on any atom is -0.496 e. The topological polar surface area (TPSA) is 21.3 Å². The van der Waals surface area contributed by atoms with Crippen LogP contribution in [0.1, 0.15) is 22.3 Å². The van der Waals surface area contributed by atoms with Gasteiger partial charge in [-0.05, 0) is 61.7 Å². The molecule has 0 spiro atoms. The van der Waals surface area contributed by atoms with Crippen molar-refractivity contribution in [2.24, 2.45) is 0 Å². The molecule has 112 valence electrons. The largest absolute Gasteiger partial charge is 0.496 e. The molecule has 0 aliphatic rings. The maximum atomic E-state index is 13.5. The van der Waals surface area contributed by atoms with E-state index in [-0.39, 0.29) is 5.56 Å². The number of halogens is 2. The van der Waals surface area contributed by atoms with Crippen LogP contribution in [0.4, 0.5) is 14.5 Å². The number of hydrogen-bond donors (Lipinski definition) is 1. The Labute approximate surface area is 123 Å². The van der Waals surface area contributed by atoms with Crippen LogP contribution >= 0.6 is 0 Å². The second-order valence-corrected chi connectivity index (χ2v) is 5.17. The fourth-order valence-electron chi connectivity index (χ4n) is 2.20. The van der Waals surface area contributed by atoms with Gasteiger partial charge in [-0.25, -0.2) is 8.78 Å². The van der Waals surface area contributed by atoms with E-state index in [4.69, 9.17) is 4.74 Å². The van der Waals surface area contributed by atoms with E-state index in [0.717, 1.165) is 22.6 Å². The van der Waals surface area contributed by atoms with E-state index in [2.05, 4.69) is 5.32 Å². The van der Waals surface area contributed by atoms with E-state index in [1.54, 1.807) is 7.11 Å². The van der Waals surface area contributed by atoms with Crippen LogP contribution in [-0.2, 0) is 6.54 Å². The minimum atomic E-state index is -0.519. The van der Waals surface area contributed by atoms with Gasteiger partial charge in [0.1, 0.15) is 17.4 Å². The average molecular weight is 291 g/mol. The monoisotopic (exact) mass is 291 g/mol. The molecule has 0 amide bonds. The molecule has 2 rings (SSSR count). The molecule has 0 radical (unpaired) electrons. The lowest BCUT2D eigenvalue weighted by atomic mass is 10.1. The number of anilines is 1. The molecule has 0 saturated heterocycles. The van der Waals surface area contributed by atoms with Gasteiger partial charge in [-0.15, -0.1) is 0 Å². The third-order valence-electron chi connectivity index (χ3n) is 3.57. The molecule has 0 saturated carbocycles. The first-order chi connectivity index (χ1) is 9.92. The highest BCUT2D eigenvalue weighted by molar-refractivity contribution is 5.57. The van der Waals surface area contributed by atoms with Crippen LogP contribution in [0.2, 0.25) is 0 Å². The van der Waals surface area contributed by atoms with Crippen molar-refractivity contribution in [3.05, 3.63) is 58.2 Å². The van der Waals surface area contributed by atoms with Gasteiger partial charge in [0.2, 0.25) is 0 Å². The van der Waals surface area contributed by atoms with Crippen LogP contribution in [0.5, 0.6) is 5.75 Å². The van der Waals surface area contributed by atoms with Crippen LogP contribution in [0.15, 0.2) is 24.3 Å². The molecule has 1 N–H and O–H groups in total. The predicted octanol–water partition coefficient (Wildman–Crippen LogP) is 4.51. The van der Waals surface area contributed by atoms with E-state index >= 15 is 0 Å². The van der Waals surface area contributed by atoms with Crippen LogP contribution in [-0.4, -0.2) is 7.11 Å². The number of hydrogen-bond acceptors (Lipinski definition) is 2. The highest BCUT2D eigenvalue weighted by atomic mass is 19.1. The molecular formula is C17H19F2NO. The molecule has 0 bridgehead atoms. The number of ether oxygens (including phenoxy) is 1. The Kier molecular flexibility index (Phi) is 4.46. The first-order valence-corrected chi connectivity index (χ1v) is 6.76. The van der Waals surface area contributed by atoms with Crippen molar-refractivity contribution in [3.63, 3.8) is 0 Å². The van der Waals surface area contributed by atoms with Gasteiger partial charge in [-0.2, -0.15) is 0 Å². The molecule has 0 unspecified atom stereocenters. The molecule has 2 nitrogen and oxygen atoms in total. The van der Waals surface area contributed by atoms with Crippen molar-refractivity contribution in [1.29, 1.82) is 0 Å². The third-order valence-corrected chi connectivity index (χ3v) is 3.57. The Bertz CT molecular complexity index is 645. The van der Waals surface area contributed by atoms with Crippen molar-refractivity contribution < 1.29 is 13.5 Å². The summed E-state index contributed by atoms with van der Waals surface area (Å²) in [6.07, 6.45) is 0. The molecule has 0 fully saturated rings. The molecule has 0 heterocycles. The number of nitrogens with one attached hydrogen (secondary N) is 1. The van der Waals surface area contributed by atoms with Crippen molar-refractivity contribution in [3.8, 4) is 5.75 Å². The summed E-state index contributed by atoms with van der Waals surface area (Å²) >= 11 is 0. The molecule has 0 atom stereocenters. The first kappa shape index (κ1) is 15.3. The summed E-state index contributed by atoms with van der Waals surface area (Å²) in [6.45, 7) is 5.70. The second kappa shape index (κ2) is 6.12. The highest BCUT2D eigenvalue weighted by Gasteiger charge is 2.08. The number of benzene rings is 2. The standard InChI is InChI=1S/C17H19F2NO/c1-10-6-17(21-4)11(2)5-16(10)20-9-13-7-14(18)12(3)15(19)8-13/h5-8,20H,9H2,1-4H3. The summed E-state index contributed by atoms with van der Waals surface area (Å²) in [5, 5.41) is 3.21. The van der Waals surface area contributed by atoms with Crippen LogP contribution < -0.4 is 10.1 Å². The maximum Gasteiger partial charge on any atom is 0.129 e. The summed E-state index contributed by atoms with van der Waals surface area (Å²) in [5.41, 5.74) is 3.57. The zero-order chi connectivity index (χ0) is 15.6. The zero-order valence-corrected chi connectivity index (χ0v) is 12.7. The molecule has 21 heavy (non-hydrogen) atoms. The van der Waals surface area contributed by atoms with Crippen molar-refractivity contribution in [1.82, 2.24) is 0 Å². The Balaban J connectivity index is 2.19. The average Bonchev–Trinajstić information content (AvgIpc) is 2.45. The van der Waals surface area contributed by atoms with Crippen molar-refractivity contribution in [2.75, 3.05) is 12.4 Å². The van der Waals surface area contributed by atoms with Gasteiger partial charge in [0.15, 0.2) is 0 Å². The lowest BCUT2D eigenvalue weighted by Crippen LogP contribution is -2.04. The van der Waals surface area contributed by atoms with E-state index in [0.29, 0.717) is 12.1 Å². The molecule has 0 aromatic heterocycles. The van der Waals surface area contributed by atoms with E-state index in [1.165, 1.54) is 19.1 Å². The van der Waals surface area contributed by atoms with Gasteiger partial charge < -0.3 is 10.1 Å². The minimum absolute atomic E-state index is 0.0511. The summed E-state index contributed by atoms with van der Waals surface area (Å²) < 4.78 is 32.3. The number of rotatable bonds is 4. The fraction of sp³-hybridized carbons (Fsp3) is 0.294. The Morgan fingerprint density at radius 3 is 2.14 bits per heavy atom. The summed E-state index contributed by atoms with van der Waals surface area (Å²) in [4.78, 5) is 0.